The van der Waals surface area contributed by atoms with Crippen LogP contribution in [0.2, 0.25) is 0 Å². The van der Waals surface area contributed by atoms with Crippen LogP contribution in [0.5, 0.6) is 0 Å². The summed E-state index contributed by atoms with van der Waals surface area (Å²) in [6, 6.07) is 17.6. The van der Waals surface area contributed by atoms with Crippen molar-refractivity contribution in [2.75, 3.05) is 11.9 Å². The van der Waals surface area contributed by atoms with Crippen LogP contribution >= 0.6 is 0 Å². The zero-order valence-corrected chi connectivity index (χ0v) is 27.2. The van der Waals surface area contributed by atoms with E-state index < -0.39 is 15.8 Å². The number of aryl methyl sites for hydroxylation is 3. The van der Waals surface area contributed by atoms with Crippen LogP contribution in [0.1, 0.15) is 59.6 Å². The fourth-order valence-corrected chi connectivity index (χ4v) is 8.20. The van der Waals surface area contributed by atoms with Crippen molar-refractivity contribution in [2.45, 2.75) is 64.4 Å². The van der Waals surface area contributed by atoms with Gasteiger partial charge in [0.15, 0.2) is 0 Å². The molecule has 1 N–H and O–H groups in total. The maximum Gasteiger partial charge on any atom is 0.243 e. The van der Waals surface area contributed by atoms with Gasteiger partial charge < -0.3 is 5.32 Å². The molecule has 11 heteroatoms. The Labute approximate surface area is 268 Å². The molecule has 2 atom stereocenters. The summed E-state index contributed by atoms with van der Waals surface area (Å²) in [4.78, 5) is 17.6. The average molecular weight is 641 g/mol. The molecule has 238 valence electrons. The highest BCUT2D eigenvalue weighted by Crippen LogP contribution is 2.36. The fourth-order valence-electron chi connectivity index (χ4n) is 6.42. The Kier molecular flexibility index (Phi) is 8.71. The quantitative estimate of drug-likeness (QED) is 0.218. The van der Waals surface area contributed by atoms with Gasteiger partial charge in [-0.3, -0.25) is 9.78 Å². The summed E-state index contributed by atoms with van der Waals surface area (Å²) >= 11 is 0. The summed E-state index contributed by atoms with van der Waals surface area (Å²) < 4.78 is 45.3. The van der Waals surface area contributed by atoms with E-state index in [4.69, 9.17) is 0 Å². The van der Waals surface area contributed by atoms with Crippen LogP contribution < -0.4 is 5.32 Å². The summed E-state index contributed by atoms with van der Waals surface area (Å²) in [7, 11) is -3.95. The van der Waals surface area contributed by atoms with Crippen molar-refractivity contribution in [1.29, 1.82) is 0 Å². The van der Waals surface area contributed by atoms with E-state index in [1.54, 1.807) is 30.6 Å². The maximum atomic E-state index is 14.3. The van der Waals surface area contributed by atoms with Gasteiger partial charge in [0, 0.05) is 38.2 Å². The first-order valence-corrected chi connectivity index (χ1v) is 16.9. The molecular weight excluding hydrogens is 603 g/mol. The van der Waals surface area contributed by atoms with Crippen LogP contribution in [0, 0.1) is 25.6 Å². The lowest BCUT2D eigenvalue weighted by Gasteiger charge is -2.25. The van der Waals surface area contributed by atoms with Crippen molar-refractivity contribution < 1.29 is 17.6 Å². The largest absolute Gasteiger partial charge is 0.325 e. The van der Waals surface area contributed by atoms with Crippen molar-refractivity contribution >= 4 is 32.7 Å². The molecule has 3 heterocycles. The minimum atomic E-state index is -3.95. The maximum absolute atomic E-state index is 14.3. The number of hydrogen-bond acceptors (Lipinski definition) is 6. The van der Waals surface area contributed by atoms with E-state index in [-0.39, 0.29) is 35.6 Å². The lowest BCUT2D eigenvalue weighted by Crippen LogP contribution is -2.33. The first kappa shape index (κ1) is 31.5. The highest BCUT2D eigenvalue weighted by molar-refractivity contribution is 7.89. The molecule has 1 aliphatic heterocycles. The molecular formula is C35H37FN6O3S. The van der Waals surface area contributed by atoms with E-state index in [1.807, 2.05) is 62.7 Å². The zero-order chi connectivity index (χ0) is 32.6. The first-order valence-electron chi connectivity index (χ1n) is 15.5. The van der Waals surface area contributed by atoms with Crippen LogP contribution in [-0.4, -0.2) is 45.2 Å². The topological polar surface area (TPSA) is 110 Å². The summed E-state index contributed by atoms with van der Waals surface area (Å²) in [5.41, 5.74) is 7.42. The SMILES string of the molecule is CCn1nnc2c(C)c([C@@H](CC(=O)Nc3cccnc3)c3ccc(C)c(CN4C[C@@H](C)Cc5ccc(F)cc5S4(=O)=O)c3)ccc21. The Bertz CT molecular complexity index is 2030. The Morgan fingerprint density at radius 2 is 1.93 bits per heavy atom. The van der Waals surface area contributed by atoms with Gasteiger partial charge in [0.05, 0.1) is 22.3 Å². The Morgan fingerprint density at radius 1 is 1.11 bits per heavy atom. The van der Waals surface area contributed by atoms with Gasteiger partial charge in [-0.1, -0.05) is 42.5 Å². The number of nitrogens with one attached hydrogen (secondary N) is 1. The second-order valence-corrected chi connectivity index (χ2v) is 14.1. The molecule has 3 aromatic carbocycles. The van der Waals surface area contributed by atoms with Gasteiger partial charge in [-0.15, -0.1) is 5.10 Å². The van der Waals surface area contributed by atoms with Gasteiger partial charge in [-0.25, -0.2) is 17.5 Å². The minimum Gasteiger partial charge on any atom is -0.325 e. The number of carbonyl (C=O) groups excluding carboxylic acids is 1. The Morgan fingerprint density at radius 3 is 2.70 bits per heavy atom. The molecule has 1 amide bonds. The second-order valence-electron chi connectivity index (χ2n) is 12.1. The van der Waals surface area contributed by atoms with E-state index in [1.165, 1.54) is 10.4 Å². The van der Waals surface area contributed by atoms with E-state index in [0.29, 0.717) is 30.8 Å². The molecule has 1 aliphatic rings. The number of nitrogens with zero attached hydrogens (tertiary/aromatic N) is 5. The van der Waals surface area contributed by atoms with Gasteiger partial charge in [-0.05, 0) is 96.8 Å². The van der Waals surface area contributed by atoms with Crippen LogP contribution in [0.15, 0.2) is 78.0 Å². The normalized spacial score (nSPS) is 16.9. The molecule has 0 fully saturated rings. The van der Waals surface area contributed by atoms with Gasteiger partial charge >= 0.3 is 0 Å². The van der Waals surface area contributed by atoms with Crippen molar-refractivity contribution in [1.82, 2.24) is 24.3 Å². The number of amides is 1. The molecule has 0 aliphatic carbocycles. The van der Waals surface area contributed by atoms with Crippen molar-refractivity contribution in [3.05, 3.63) is 112 Å². The minimum absolute atomic E-state index is 0.0275. The smallest absolute Gasteiger partial charge is 0.243 e. The highest BCUT2D eigenvalue weighted by atomic mass is 32.2. The number of carbonyl (C=O) groups is 1. The summed E-state index contributed by atoms with van der Waals surface area (Å²) in [5, 5.41) is 11.7. The van der Waals surface area contributed by atoms with Crippen molar-refractivity contribution in [3.63, 3.8) is 0 Å². The second kappa shape index (κ2) is 12.7. The standard InChI is InChI=1S/C35H37FN6O3S/c1-5-42-32-13-12-30(24(4)35(32)39-40-42)31(18-34(43)38-29-7-6-14-37-19-29)25-9-8-23(3)27(16-25)21-41-20-22(2)15-26-10-11-28(36)17-33(26)46(41,44)45/h6-14,16-17,19,22,31H,5,15,18,20-21H2,1-4H3,(H,38,43)/t22-,31-/m0/s1. The Balaban J connectivity index is 1.40. The van der Waals surface area contributed by atoms with Crippen LogP contribution in [0.25, 0.3) is 11.0 Å². The van der Waals surface area contributed by atoms with Gasteiger partial charge in [0.1, 0.15) is 11.3 Å². The molecule has 5 aromatic rings. The summed E-state index contributed by atoms with van der Waals surface area (Å²) in [6.07, 6.45) is 3.93. The predicted octanol–water partition coefficient (Wildman–Crippen LogP) is 6.15. The lowest BCUT2D eigenvalue weighted by molar-refractivity contribution is -0.116. The Hall–Kier alpha value is -4.48. The zero-order valence-electron chi connectivity index (χ0n) is 26.4. The third-order valence-corrected chi connectivity index (χ3v) is 10.7. The van der Waals surface area contributed by atoms with Gasteiger partial charge in [0.25, 0.3) is 0 Å². The van der Waals surface area contributed by atoms with Gasteiger partial charge in [-0.2, -0.15) is 4.31 Å². The van der Waals surface area contributed by atoms with Crippen LogP contribution in [0.4, 0.5) is 10.1 Å². The number of rotatable bonds is 8. The molecule has 6 rings (SSSR count). The molecule has 46 heavy (non-hydrogen) atoms. The van der Waals surface area contributed by atoms with E-state index in [9.17, 15) is 17.6 Å². The molecule has 9 nitrogen and oxygen atoms in total. The number of hydrogen-bond donors (Lipinski definition) is 1. The molecule has 0 radical (unpaired) electrons. The highest BCUT2D eigenvalue weighted by Gasteiger charge is 2.33. The number of fused-ring (bicyclic) bond motifs is 2. The predicted molar refractivity (Wildman–Crippen MR) is 175 cm³/mol. The van der Waals surface area contributed by atoms with E-state index in [0.717, 1.165) is 44.9 Å². The van der Waals surface area contributed by atoms with E-state index in [2.05, 4.69) is 20.6 Å². The number of benzene rings is 3. The number of sulfonamides is 1. The monoisotopic (exact) mass is 640 g/mol. The number of anilines is 1. The molecule has 0 spiro atoms. The number of halogens is 1. The number of pyridine rings is 1. The average Bonchev–Trinajstić information content (AvgIpc) is 3.43. The fraction of sp³-hybridized carbons (Fsp3) is 0.314. The van der Waals surface area contributed by atoms with Crippen molar-refractivity contribution in [3.8, 4) is 0 Å². The van der Waals surface area contributed by atoms with Crippen LogP contribution in [-0.2, 0) is 34.3 Å². The molecule has 0 unspecified atom stereocenters. The third kappa shape index (κ3) is 6.17. The lowest BCUT2D eigenvalue weighted by atomic mass is 9.84. The first-order chi connectivity index (χ1) is 22.0. The van der Waals surface area contributed by atoms with Crippen molar-refractivity contribution in [2.24, 2.45) is 5.92 Å². The molecule has 0 saturated heterocycles. The van der Waals surface area contributed by atoms with Crippen LogP contribution in [0.3, 0.4) is 0 Å². The number of aromatic nitrogens is 4. The summed E-state index contributed by atoms with van der Waals surface area (Å²) in [6.45, 7) is 9.08. The summed E-state index contributed by atoms with van der Waals surface area (Å²) in [5.74, 6) is -1.07. The molecule has 0 saturated carbocycles. The molecule has 0 bridgehead atoms. The van der Waals surface area contributed by atoms with E-state index >= 15 is 0 Å². The third-order valence-electron chi connectivity index (χ3n) is 8.85. The van der Waals surface area contributed by atoms with Gasteiger partial charge in [0.2, 0.25) is 15.9 Å². The molecule has 2 aromatic heterocycles.